The van der Waals surface area contributed by atoms with Gasteiger partial charge >= 0.3 is 6.03 Å². The molecule has 3 amide bonds. The molecule has 0 bridgehead atoms. The first-order chi connectivity index (χ1) is 16.4. The van der Waals surface area contributed by atoms with Gasteiger partial charge in [-0.1, -0.05) is 24.3 Å². The summed E-state index contributed by atoms with van der Waals surface area (Å²) >= 11 is 1.68. The molecule has 2 saturated heterocycles. The summed E-state index contributed by atoms with van der Waals surface area (Å²) in [4.78, 5) is 31.9. The van der Waals surface area contributed by atoms with Crippen molar-refractivity contribution in [2.24, 2.45) is 0 Å². The predicted molar refractivity (Wildman–Crippen MR) is 133 cm³/mol. The number of nitrogens with zero attached hydrogens (tertiary/aromatic N) is 4. The molecule has 34 heavy (non-hydrogen) atoms. The first kappa shape index (κ1) is 24.3. The van der Waals surface area contributed by atoms with Crippen LogP contribution in [0.25, 0.3) is 0 Å². The summed E-state index contributed by atoms with van der Waals surface area (Å²) in [7, 11) is 1.52. The largest absolute Gasteiger partial charge is 0.492 e. The molecule has 2 aromatic rings. The van der Waals surface area contributed by atoms with Crippen LogP contribution in [0.5, 0.6) is 5.75 Å². The van der Waals surface area contributed by atoms with Crippen molar-refractivity contribution in [1.29, 1.82) is 0 Å². The van der Waals surface area contributed by atoms with Crippen molar-refractivity contribution in [2.75, 3.05) is 63.6 Å². The summed E-state index contributed by atoms with van der Waals surface area (Å²) in [5.74, 6) is 1.10. The van der Waals surface area contributed by atoms with Gasteiger partial charge in [-0.15, -0.1) is 11.8 Å². The fourth-order valence-electron chi connectivity index (χ4n) is 4.25. The molecule has 2 aliphatic rings. The molecule has 1 atom stereocenters. The van der Waals surface area contributed by atoms with Crippen LogP contribution in [0.4, 0.5) is 14.9 Å². The van der Waals surface area contributed by atoms with Crippen LogP contribution in [-0.2, 0) is 4.79 Å². The second-order valence-electron chi connectivity index (χ2n) is 8.47. The highest BCUT2D eigenvalue weighted by Gasteiger charge is 2.35. The number of imide groups is 1. The topological polar surface area (TPSA) is 56.3 Å². The van der Waals surface area contributed by atoms with Crippen molar-refractivity contribution in [3.8, 4) is 5.75 Å². The normalized spacial score (nSPS) is 18.7. The monoisotopic (exact) mass is 486 g/mol. The summed E-state index contributed by atoms with van der Waals surface area (Å²) in [6.45, 7) is 6.79. The van der Waals surface area contributed by atoms with Crippen LogP contribution in [0, 0.1) is 5.82 Å². The Morgan fingerprint density at radius 2 is 1.85 bits per heavy atom. The fourth-order valence-corrected chi connectivity index (χ4v) is 5.53. The van der Waals surface area contributed by atoms with Gasteiger partial charge in [0.15, 0.2) is 0 Å². The standard InChI is InChI=1S/C25H31FN4O3S/c1-19(31)27(2)25(32)30-15-17-34-24(30)22-8-3-4-9-23(22)33-16-14-28-10-12-29(13-11-28)21-7-5-6-20(26)18-21/h3-9,18,24H,10-17H2,1-2H3. The van der Waals surface area contributed by atoms with Gasteiger partial charge in [0.1, 0.15) is 23.5 Å². The van der Waals surface area contributed by atoms with Gasteiger partial charge in [-0.25, -0.2) is 9.18 Å². The lowest BCUT2D eigenvalue weighted by molar-refractivity contribution is -0.125. The Hall–Kier alpha value is -2.78. The SMILES string of the molecule is CC(=O)N(C)C(=O)N1CCSC1c1ccccc1OCCN1CCN(c2cccc(F)c2)CC1. The van der Waals surface area contributed by atoms with Gasteiger partial charge in [-0.3, -0.25) is 14.6 Å². The molecule has 0 aliphatic carbocycles. The van der Waals surface area contributed by atoms with Crippen molar-refractivity contribution < 1.29 is 18.7 Å². The number of rotatable bonds is 6. The molecule has 0 N–H and O–H groups in total. The number of para-hydroxylation sites is 1. The van der Waals surface area contributed by atoms with Gasteiger partial charge in [-0.2, -0.15) is 0 Å². The molecule has 1 unspecified atom stereocenters. The van der Waals surface area contributed by atoms with E-state index in [1.807, 2.05) is 30.3 Å². The van der Waals surface area contributed by atoms with Gasteiger partial charge < -0.3 is 14.5 Å². The summed E-state index contributed by atoms with van der Waals surface area (Å²) in [6.07, 6.45) is 0. The first-order valence-corrected chi connectivity index (χ1v) is 12.6. The van der Waals surface area contributed by atoms with Crippen LogP contribution in [0.2, 0.25) is 0 Å². The van der Waals surface area contributed by atoms with E-state index >= 15 is 0 Å². The third-order valence-electron chi connectivity index (χ3n) is 6.29. The molecule has 9 heteroatoms. The Balaban J connectivity index is 1.32. The van der Waals surface area contributed by atoms with Crippen LogP contribution in [0.3, 0.4) is 0 Å². The molecule has 0 spiro atoms. The number of benzene rings is 2. The van der Waals surface area contributed by atoms with E-state index in [2.05, 4.69) is 9.80 Å². The van der Waals surface area contributed by atoms with Gasteiger partial charge in [-0.05, 0) is 24.3 Å². The van der Waals surface area contributed by atoms with Crippen molar-refractivity contribution in [1.82, 2.24) is 14.7 Å². The van der Waals surface area contributed by atoms with Gasteiger partial charge in [0.25, 0.3) is 0 Å². The van der Waals surface area contributed by atoms with Crippen LogP contribution in [-0.4, -0.2) is 85.3 Å². The first-order valence-electron chi connectivity index (χ1n) is 11.5. The molecule has 0 saturated carbocycles. The lowest BCUT2D eigenvalue weighted by Gasteiger charge is -2.36. The lowest BCUT2D eigenvalue weighted by Crippen LogP contribution is -2.47. The minimum atomic E-state index is -0.284. The molecule has 2 aromatic carbocycles. The number of thioether (sulfide) groups is 1. The van der Waals surface area contributed by atoms with Crippen molar-refractivity contribution in [3.63, 3.8) is 0 Å². The second-order valence-corrected chi connectivity index (χ2v) is 9.66. The van der Waals surface area contributed by atoms with Crippen LogP contribution >= 0.6 is 11.8 Å². The van der Waals surface area contributed by atoms with Crippen molar-refractivity contribution in [2.45, 2.75) is 12.3 Å². The molecule has 7 nitrogen and oxygen atoms in total. The van der Waals surface area contributed by atoms with Gasteiger partial charge in [0, 0.05) is 70.2 Å². The predicted octanol–water partition coefficient (Wildman–Crippen LogP) is 3.67. The average molecular weight is 487 g/mol. The number of carbonyl (C=O) groups excluding carboxylic acids is 2. The molecular weight excluding hydrogens is 455 g/mol. The van der Waals surface area contributed by atoms with E-state index in [-0.39, 0.29) is 23.1 Å². The number of anilines is 1. The molecule has 182 valence electrons. The molecule has 2 aliphatic heterocycles. The Morgan fingerprint density at radius 3 is 2.59 bits per heavy atom. The number of urea groups is 1. The van der Waals surface area contributed by atoms with Gasteiger partial charge in [0.05, 0.1) is 0 Å². The highest BCUT2D eigenvalue weighted by Crippen LogP contribution is 2.42. The molecule has 2 heterocycles. The van der Waals surface area contributed by atoms with Crippen molar-refractivity contribution >= 4 is 29.4 Å². The van der Waals surface area contributed by atoms with E-state index in [9.17, 15) is 14.0 Å². The van der Waals surface area contributed by atoms with Crippen LogP contribution in [0.15, 0.2) is 48.5 Å². The zero-order chi connectivity index (χ0) is 24.1. The van der Waals surface area contributed by atoms with Gasteiger partial charge in [0.2, 0.25) is 5.91 Å². The van der Waals surface area contributed by atoms with E-state index < -0.39 is 0 Å². The van der Waals surface area contributed by atoms with Crippen molar-refractivity contribution in [3.05, 3.63) is 59.9 Å². The second kappa shape index (κ2) is 11.1. The van der Waals surface area contributed by atoms with E-state index in [0.717, 1.165) is 60.4 Å². The summed E-state index contributed by atoms with van der Waals surface area (Å²) in [5, 5.41) is -0.180. The van der Waals surface area contributed by atoms with E-state index in [4.69, 9.17) is 4.74 Å². The average Bonchev–Trinajstić information content (AvgIpc) is 3.33. The maximum absolute atomic E-state index is 13.5. The van der Waals surface area contributed by atoms with E-state index in [1.165, 1.54) is 20.0 Å². The molecule has 2 fully saturated rings. The zero-order valence-corrected chi connectivity index (χ0v) is 20.5. The lowest BCUT2D eigenvalue weighted by atomic mass is 10.2. The summed E-state index contributed by atoms with van der Waals surface area (Å²) in [6, 6.07) is 14.3. The minimum Gasteiger partial charge on any atom is -0.492 e. The third kappa shape index (κ3) is 5.64. The van der Waals surface area contributed by atoms with Crippen LogP contribution in [0.1, 0.15) is 17.9 Å². The third-order valence-corrected chi connectivity index (χ3v) is 7.53. The Kier molecular flexibility index (Phi) is 7.95. The summed E-state index contributed by atoms with van der Waals surface area (Å²) < 4.78 is 19.7. The maximum atomic E-state index is 13.5. The quantitative estimate of drug-likeness (QED) is 0.621. The number of piperazine rings is 1. The maximum Gasteiger partial charge on any atom is 0.327 e. The zero-order valence-electron chi connectivity index (χ0n) is 19.7. The van der Waals surface area contributed by atoms with Crippen LogP contribution < -0.4 is 9.64 Å². The smallest absolute Gasteiger partial charge is 0.327 e. The molecule has 4 rings (SSSR count). The Morgan fingerprint density at radius 1 is 1.09 bits per heavy atom. The summed E-state index contributed by atoms with van der Waals surface area (Å²) in [5.41, 5.74) is 1.87. The fraction of sp³-hybridized carbons (Fsp3) is 0.440. The van der Waals surface area contributed by atoms with E-state index in [1.54, 1.807) is 28.8 Å². The minimum absolute atomic E-state index is 0.180. The Bertz CT molecular complexity index is 1020. The molecular formula is C25H31FN4O3S. The number of carbonyl (C=O) groups is 2. The number of hydrogen-bond acceptors (Lipinski definition) is 6. The Labute approximate surface area is 204 Å². The molecule has 0 radical (unpaired) electrons. The number of halogens is 1. The number of ether oxygens (including phenoxy) is 1. The number of hydrogen-bond donors (Lipinski definition) is 0. The number of amides is 3. The molecule has 0 aromatic heterocycles. The highest BCUT2D eigenvalue weighted by atomic mass is 32.2. The van der Waals surface area contributed by atoms with E-state index in [0.29, 0.717) is 13.2 Å². The highest BCUT2D eigenvalue weighted by molar-refractivity contribution is 7.99.